The van der Waals surface area contributed by atoms with Crippen molar-refractivity contribution < 1.29 is 4.21 Å². The van der Waals surface area contributed by atoms with Crippen molar-refractivity contribution in [3.63, 3.8) is 0 Å². The molecule has 21 heavy (non-hydrogen) atoms. The first-order valence-corrected chi connectivity index (χ1v) is 8.64. The van der Waals surface area contributed by atoms with Gasteiger partial charge in [-0.15, -0.1) is 0 Å². The molecule has 112 valence electrons. The Hall–Kier alpha value is -1.45. The first-order valence-electron chi connectivity index (χ1n) is 7.32. The molecule has 2 atom stereocenters. The molecule has 0 saturated carbocycles. The lowest BCUT2D eigenvalue weighted by Gasteiger charge is -2.16. The molecular formula is C18H23NOS. The van der Waals surface area contributed by atoms with E-state index in [0.717, 1.165) is 4.90 Å². The number of hydrogen-bond donors (Lipinski definition) is 1. The molecule has 0 aliphatic heterocycles. The van der Waals surface area contributed by atoms with E-state index < -0.39 is 10.8 Å². The summed E-state index contributed by atoms with van der Waals surface area (Å²) in [5, 5.41) is 3.26. The minimum absolute atomic E-state index is 0.108. The molecule has 2 nitrogen and oxygen atoms in total. The largest absolute Gasteiger partial charge is 0.312 e. The smallest absolute Gasteiger partial charge is 0.0548 e. The monoisotopic (exact) mass is 301 g/mol. The zero-order chi connectivity index (χ0) is 15.2. The van der Waals surface area contributed by atoms with E-state index in [1.165, 1.54) is 11.1 Å². The normalized spacial score (nSPS) is 14.1. The highest BCUT2D eigenvalue weighted by Gasteiger charge is 2.14. The Bertz CT molecular complexity index is 578. The molecule has 0 aromatic heterocycles. The van der Waals surface area contributed by atoms with E-state index in [1.807, 2.05) is 37.4 Å². The van der Waals surface area contributed by atoms with Crippen molar-refractivity contribution in [3.05, 3.63) is 65.7 Å². The van der Waals surface area contributed by atoms with Crippen molar-refractivity contribution in [1.82, 2.24) is 5.32 Å². The molecule has 0 amide bonds. The van der Waals surface area contributed by atoms with E-state index in [-0.39, 0.29) is 6.04 Å². The molecule has 0 fully saturated rings. The lowest BCUT2D eigenvalue weighted by molar-refractivity contribution is 0.635. The van der Waals surface area contributed by atoms with Crippen LogP contribution in [0.3, 0.4) is 0 Å². The first kappa shape index (κ1) is 15.9. The predicted octanol–water partition coefficient (Wildman–Crippen LogP) is 3.88. The Morgan fingerprint density at radius 3 is 2.10 bits per heavy atom. The maximum atomic E-state index is 12.5. The minimum Gasteiger partial charge on any atom is -0.312 e. The number of benzene rings is 2. The zero-order valence-electron chi connectivity index (χ0n) is 12.9. The number of rotatable bonds is 6. The third-order valence-electron chi connectivity index (χ3n) is 3.68. The van der Waals surface area contributed by atoms with Crippen LogP contribution in [0.2, 0.25) is 0 Å². The van der Waals surface area contributed by atoms with Crippen LogP contribution < -0.4 is 5.32 Å². The molecule has 0 heterocycles. The minimum atomic E-state index is -0.998. The summed E-state index contributed by atoms with van der Waals surface area (Å²) >= 11 is 0. The van der Waals surface area contributed by atoms with Crippen molar-refractivity contribution in [2.75, 3.05) is 12.8 Å². The first-order chi connectivity index (χ1) is 10.1. The van der Waals surface area contributed by atoms with Gasteiger partial charge in [-0.25, -0.2) is 0 Å². The summed E-state index contributed by atoms with van der Waals surface area (Å²) in [6.45, 7) is 4.33. The molecular weight excluding hydrogens is 278 g/mol. The van der Waals surface area contributed by atoms with Crippen LogP contribution in [-0.2, 0) is 10.8 Å². The molecule has 2 unspecified atom stereocenters. The fraction of sp³-hybridized carbons (Fsp3) is 0.333. The Morgan fingerprint density at radius 2 is 1.57 bits per heavy atom. The summed E-state index contributed by atoms with van der Waals surface area (Å²) in [6, 6.07) is 18.4. The molecule has 0 aliphatic rings. The highest BCUT2D eigenvalue weighted by molar-refractivity contribution is 7.85. The van der Waals surface area contributed by atoms with Gasteiger partial charge < -0.3 is 5.32 Å². The summed E-state index contributed by atoms with van der Waals surface area (Å²) in [5.41, 5.74) is 2.45. The Balaban J connectivity index is 2.09. The number of nitrogens with one attached hydrogen (secondary N) is 1. The van der Waals surface area contributed by atoms with Gasteiger partial charge in [-0.05, 0) is 36.2 Å². The lowest BCUT2D eigenvalue weighted by Crippen LogP contribution is -2.22. The van der Waals surface area contributed by atoms with E-state index in [1.54, 1.807) is 0 Å². The number of hydrogen-bond acceptors (Lipinski definition) is 2. The topological polar surface area (TPSA) is 29.1 Å². The van der Waals surface area contributed by atoms with Crippen LogP contribution in [0.5, 0.6) is 0 Å². The highest BCUT2D eigenvalue weighted by Crippen LogP contribution is 2.20. The Labute approximate surface area is 130 Å². The van der Waals surface area contributed by atoms with Gasteiger partial charge in [-0.3, -0.25) is 4.21 Å². The molecule has 0 aliphatic carbocycles. The second-order valence-corrected chi connectivity index (χ2v) is 6.98. The van der Waals surface area contributed by atoms with Gasteiger partial charge in [0.25, 0.3) is 0 Å². The van der Waals surface area contributed by atoms with Crippen LogP contribution in [0.1, 0.15) is 36.9 Å². The molecule has 0 saturated heterocycles. The Kier molecular flexibility index (Phi) is 5.71. The van der Waals surface area contributed by atoms with Gasteiger partial charge >= 0.3 is 0 Å². The van der Waals surface area contributed by atoms with Crippen LogP contribution >= 0.6 is 0 Å². The van der Waals surface area contributed by atoms with Crippen LogP contribution in [-0.4, -0.2) is 17.0 Å². The van der Waals surface area contributed by atoms with Crippen LogP contribution in [0.4, 0.5) is 0 Å². The second-order valence-electron chi connectivity index (χ2n) is 5.49. The van der Waals surface area contributed by atoms with Crippen LogP contribution in [0.25, 0.3) is 0 Å². The molecule has 2 aromatic rings. The maximum Gasteiger partial charge on any atom is 0.0548 e. The molecule has 0 spiro atoms. The predicted molar refractivity (Wildman–Crippen MR) is 90.0 cm³/mol. The van der Waals surface area contributed by atoms with E-state index in [9.17, 15) is 4.21 Å². The van der Waals surface area contributed by atoms with E-state index in [2.05, 4.69) is 43.4 Å². The van der Waals surface area contributed by atoms with Crippen molar-refractivity contribution in [1.29, 1.82) is 0 Å². The molecule has 2 aromatic carbocycles. The molecule has 3 heteroatoms. The fourth-order valence-corrected chi connectivity index (χ4v) is 3.58. The summed E-state index contributed by atoms with van der Waals surface area (Å²) in [7, 11) is 0.916. The van der Waals surface area contributed by atoms with Crippen molar-refractivity contribution in [2.45, 2.75) is 30.7 Å². The molecule has 1 N–H and O–H groups in total. The Morgan fingerprint density at radius 1 is 0.952 bits per heavy atom. The van der Waals surface area contributed by atoms with Crippen molar-refractivity contribution in [3.8, 4) is 0 Å². The van der Waals surface area contributed by atoms with Crippen molar-refractivity contribution >= 4 is 10.8 Å². The van der Waals surface area contributed by atoms with E-state index >= 15 is 0 Å². The van der Waals surface area contributed by atoms with E-state index in [0.29, 0.717) is 11.7 Å². The van der Waals surface area contributed by atoms with Gasteiger partial charge in [-0.2, -0.15) is 0 Å². The quantitative estimate of drug-likeness (QED) is 0.877. The van der Waals surface area contributed by atoms with Gasteiger partial charge in [-0.1, -0.05) is 56.3 Å². The van der Waals surface area contributed by atoms with Gasteiger partial charge in [0.2, 0.25) is 0 Å². The maximum absolute atomic E-state index is 12.5. The van der Waals surface area contributed by atoms with Gasteiger partial charge in [0.1, 0.15) is 0 Å². The average Bonchev–Trinajstić information content (AvgIpc) is 2.53. The lowest BCUT2D eigenvalue weighted by atomic mass is 10.0. The highest BCUT2D eigenvalue weighted by atomic mass is 32.2. The van der Waals surface area contributed by atoms with Gasteiger partial charge in [0, 0.05) is 16.7 Å². The van der Waals surface area contributed by atoms with Gasteiger partial charge in [0.15, 0.2) is 0 Å². The van der Waals surface area contributed by atoms with Crippen LogP contribution in [0, 0.1) is 0 Å². The van der Waals surface area contributed by atoms with E-state index in [4.69, 9.17) is 0 Å². The molecule has 0 bridgehead atoms. The van der Waals surface area contributed by atoms with Crippen molar-refractivity contribution in [2.24, 2.45) is 0 Å². The van der Waals surface area contributed by atoms with Gasteiger partial charge in [0.05, 0.1) is 10.8 Å². The third kappa shape index (κ3) is 4.26. The van der Waals surface area contributed by atoms with Crippen LogP contribution in [0.15, 0.2) is 59.5 Å². The standard InChI is InChI=1S/C18H23NOS/c1-14(2)15-9-11-17(12-10-15)21(20)13-18(19-3)16-7-5-4-6-8-16/h4-12,14,18-19H,13H2,1-3H3. The second kappa shape index (κ2) is 7.53. The SMILES string of the molecule is CNC(CS(=O)c1ccc(C(C)C)cc1)c1ccccc1. The summed E-state index contributed by atoms with van der Waals surface area (Å²) in [5.74, 6) is 1.09. The average molecular weight is 301 g/mol. The molecule has 0 radical (unpaired) electrons. The summed E-state index contributed by atoms with van der Waals surface area (Å²) < 4.78 is 12.5. The fourth-order valence-electron chi connectivity index (χ4n) is 2.28. The summed E-state index contributed by atoms with van der Waals surface area (Å²) in [4.78, 5) is 0.899. The summed E-state index contributed by atoms with van der Waals surface area (Å²) in [6.07, 6.45) is 0. The zero-order valence-corrected chi connectivity index (χ0v) is 13.7. The molecule has 2 rings (SSSR count). The third-order valence-corrected chi connectivity index (χ3v) is 5.11.